The second-order valence-electron chi connectivity index (χ2n) is 4.74. The molecule has 0 bridgehead atoms. The maximum atomic E-state index is 4.34. The number of aryl methyl sites for hydroxylation is 1. The van der Waals surface area contributed by atoms with Crippen molar-refractivity contribution in [3.8, 4) is 0 Å². The average molecular weight is 215 g/mol. The third kappa shape index (κ3) is 1.71. The van der Waals surface area contributed by atoms with Crippen LogP contribution in [-0.2, 0) is 13.5 Å². The van der Waals surface area contributed by atoms with Crippen molar-refractivity contribution in [2.45, 2.75) is 12.8 Å². The van der Waals surface area contributed by atoms with Gasteiger partial charge in [-0.15, -0.1) is 0 Å². The van der Waals surface area contributed by atoms with Gasteiger partial charge in [0.05, 0.1) is 17.4 Å². The molecule has 1 unspecified atom stereocenters. The summed E-state index contributed by atoms with van der Waals surface area (Å²) in [5.41, 5.74) is 3.77. The van der Waals surface area contributed by atoms with Crippen molar-refractivity contribution < 1.29 is 0 Å². The summed E-state index contributed by atoms with van der Waals surface area (Å²) in [7, 11) is 2.05. The lowest BCUT2D eigenvalue weighted by Crippen LogP contribution is -2.10. The number of hydrogen-bond donors (Lipinski definition) is 1. The van der Waals surface area contributed by atoms with Gasteiger partial charge < -0.3 is 9.88 Å². The van der Waals surface area contributed by atoms with Gasteiger partial charge in [-0.25, -0.2) is 4.98 Å². The highest BCUT2D eigenvalue weighted by atomic mass is 15.0. The Bertz CT molecular complexity index is 495. The summed E-state index contributed by atoms with van der Waals surface area (Å²) in [5, 5.41) is 3.42. The van der Waals surface area contributed by atoms with Gasteiger partial charge >= 0.3 is 0 Å². The molecule has 1 aromatic heterocycles. The number of nitrogens with zero attached hydrogens (tertiary/aromatic N) is 2. The van der Waals surface area contributed by atoms with E-state index in [4.69, 9.17) is 0 Å². The third-order valence-electron chi connectivity index (χ3n) is 3.48. The minimum atomic E-state index is 0.811. The van der Waals surface area contributed by atoms with Crippen molar-refractivity contribution in [1.82, 2.24) is 14.9 Å². The minimum absolute atomic E-state index is 0.811. The number of hydrogen-bond acceptors (Lipinski definition) is 2. The Labute approximate surface area is 95.5 Å². The quantitative estimate of drug-likeness (QED) is 0.826. The predicted molar refractivity (Wildman–Crippen MR) is 65.4 cm³/mol. The van der Waals surface area contributed by atoms with Gasteiger partial charge in [0.25, 0.3) is 0 Å². The summed E-state index contributed by atoms with van der Waals surface area (Å²) >= 11 is 0. The van der Waals surface area contributed by atoms with Gasteiger partial charge in [-0.05, 0) is 49.5 Å². The van der Waals surface area contributed by atoms with Crippen molar-refractivity contribution >= 4 is 11.0 Å². The summed E-state index contributed by atoms with van der Waals surface area (Å²) < 4.78 is 2.09. The lowest BCUT2D eigenvalue weighted by atomic mass is 9.98. The van der Waals surface area contributed by atoms with Crippen LogP contribution >= 0.6 is 0 Å². The van der Waals surface area contributed by atoms with Crippen LogP contribution < -0.4 is 5.32 Å². The first-order valence-corrected chi connectivity index (χ1v) is 5.93. The molecule has 1 aliphatic rings. The topological polar surface area (TPSA) is 29.9 Å². The van der Waals surface area contributed by atoms with Crippen LogP contribution in [0.5, 0.6) is 0 Å². The van der Waals surface area contributed by atoms with Crippen molar-refractivity contribution in [2.24, 2.45) is 13.0 Å². The molecular weight excluding hydrogens is 198 g/mol. The summed E-state index contributed by atoms with van der Waals surface area (Å²) in [4.78, 5) is 4.34. The van der Waals surface area contributed by atoms with E-state index >= 15 is 0 Å². The van der Waals surface area contributed by atoms with Gasteiger partial charge in [0.2, 0.25) is 0 Å². The van der Waals surface area contributed by atoms with Gasteiger partial charge in [0.1, 0.15) is 0 Å². The van der Waals surface area contributed by atoms with Crippen molar-refractivity contribution in [3.63, 3.8) is 0 Å². The fourth-order valence-corrected chi connectivity index (χ4v) is 2.52. The molecule has 2 aromatic rings. The predicted octanol–water partition coefficient (Wildman–Crippen LogP) is 1.73. The maximum Gasteiger partial charge on any atom is 0.0955 e. The Morgan fingerprint density at radius 1 is 1.50 bits per heavy atom. The molecule has 1 fully saturated rings. The number of fused-ring (bicyclic) bond motifs is 1. The Morgan fingerprint density at radius 3 is 3.25 bits per heavy atom. The van der Waals surface area contributed by atoms with E-state index in [0.717, 1.165) is 11.4 Å². The van der Waals surface area contributed by atoms with Gasteiger partial charge in [0.15, 0.2) is 0 Å². The van der Waals surface area contributed by atoms with Crippen molar-refractivity contribution in [1.29, 1.82) is 0 Å². The van der Waals surface area contributed by atoms with E-state index in [1.807, 2.05) is 6.33 Å². The van der Waals surface area contributed by atoms with E-state index in [9.17, 15) is 0 Å². The second kappa shape index (κ2) is 3.91. The van der Waals surface area contributed by atoms with E-state index < -0.39 is 0 Å². The molecule has 0 radical (unpaired) electrons. The van der Waals surface area contributed by atoms with Crippen LogP contribution in [0, 0.1) is 5.92 Å². The van der Waals surface area contributed by atoms with E-state index in [2.05, 4.69) is 40.1 Å². The van der Waals surface area contributed by atoms with Crippen LogP contribution in [0.2, 0.25) is 0 Å². The third-order valence-corrected chi connectivity index (χ3v) is 3.48. The zero-order chi connectivity index (χ0) is 11.0. The molecule has 84 valence electrons. The van der Waals surface area contributed by atoms with Gasteiger partial charge in [-0.1, -0.05) is 6.07 Å². The van der Waals surface area contributed by atoms with E-state index in [0.29, 0.717) is 0 Å². The van der Waals surface area contributed by atoms with Crippen LogP contribution in [0.15, 0.2) is 24.5 Å². The second-order valence-corrected chi connectivity index (χ2v) is 4.74. The molecule has 1 N–H and O–H groups in total. The molecule has 1 aromatic carbocycles. The molecule has 0 spiro atoms. The molecule has 1 aliphatic heterocycles. The Balaban J connectivity index is 1.88. The lowest BCUT2D eigenvalue weighted by Gasteiger charge is -2.08. The van der Waals surface area contributed by atoms with Crippen molar-refractivity contribution in [3.05, 3.63) is 30.1 Å². The first-order chi connectivity index (χ1) is 7.83. The van der Waals surface area contributed by atoms with Crippen LogP contribution in [-0.4, -0.2) is 22.6 Å². The molecule has 1 atom stereocenters. The highest BCUT2D eigenvalue weighted by molar-refractivity contribution is 5.75. The first-order valence-electron chi connectivity index (χ1n) is 5.93. The highest BCUT2D eigenvalue weighted by Crippen LogP contribution is 2.19. The largest absolute Gasteiger partial charge is 0.334 e. The molecule has 3 nitrogen and oxygen atoms in total. The van der Waals surface area contributed by atoms with Crippen LogP contribution in [0.25, 0.3) is 11.0 Å². The highest BCUT2D eigenvalue weighted by Gasteiger charge is 2.15. The molecule has 2 heterocycles. The minimum Gasteiger partial charge on any atom is -0.334 e. The normalized spacial score (nSPS) is 20.7. The Kier molecular flexibility index (Phi) is 2.40. The molecule has 3 rings (SSSR count). The number of benzene rings is 1. The van der Waals surface area contributed by atoms with Gasteiger partial charge in [0, 0.05) is 7.05 Å². The summed E-state index contributed by atoms with van der Waals surface area (Å²) in [6, 6.07) is 6.63. The monoisotopic (exact) mass is 215 g/mol. The summed E-state index contributed by atoms with van der Waals surface area (Å²) in [5.74, 6) is 0.811. The average Bonchev–Trinajstić information content (AvgIpc) is 2.90. The summed E-state index contributed by atoms with van der Waals surface area (Å²) in [6.45, 7) is 2.35. The Morgan fingerprint density at radius 2 is 2.44 bits per heavy atom. The van der Waals surface area contributed by atoms with Crippen LogP contribution in [0.1, 0.15) is 12.0 Å². The smallest absolute Gasteiger partial charge is 0.0955 e. The van der Waals surface area contributed by atoms with Crippen LogP contribution in [0.4, 0.5) is 0 Å². The number of nitrogens with one attached hydrogen (secondary N) is 1. The number of rotatable bonds is 2. The number of imidazole rings is 1. The van der Waals surface area contributed by atoms with E-state index in [-0.39, 0.29) is 0 Å². The van der Waals surface area contributed by atoms with Crippen LogP contribution in [0.3, 0.4) is 0 Å². The van der Waals surface area contributed by atoms with Crippen molar-refractivity contribution in [2.75, 3.05) is 13.1 Å². The molecule has 1 saturated heterocycles. The standard InChI is InChI=1S/C13H17N3/c1-16-9-15-12-3-2-10(7-13(12)16)6-11-4-5-14-8-11/h2-3,7,9,11,14H,4-6,8H2,1H3. The van der Waals surface area contributed by atoms with Gasteiger partial charge in [-0.2, -0.15) is 0 Å². The van der Waals surface area contributed by atoms with Gasteiger partial charge in [-0.3, -0.25) is 0 Å². The number of aromatic nitrogens is 2. The maximum absolute atomic E-state index is 4.34. The fourth-order valence-electron chi connectivity index (χ4n) is 2.52. The zero-order valence-corrected chi connectivity index (χ0v) is 9.61. The molecule has 0 aliphatic carbocycles. The molecule has 3 heteroatoms. The zero-order valence-electron chi connectivity index (χ0n) is 9.61. The van der Waals surface area contributed by atoms with E-state index in [1.54, 1.807) is 0 Å². The fraction of sp³-hybridized carbons (Fsp3) is 0.462. The SMILES string of the molecule is Cn1cnc2ccc(CC3CCNC3)cc21. The molecule has 0 saturated carbocycles. The molecule has 0 amide bonds. The summed E-state index contributed by atoms with van der Waals surface area (Å²) in [6.07, 6.45) is 4.38. The molecule has 16 heavy (non-hydrogen) atoms. The Hall–Kier alpha value is -1.35. The lowest BCUT2D eigenvalue weighted by molar-refractivity contribution is 0.580. The van der Waals surface area contributed by atoms with E-state index in [1.165, 1.54) is 37.0 Å². The molecular formula is C13H17N3. The first kappa shape index (κ1) is 9.85.